The number of Topliss-reactive ketones (excluding diaryl/α,β-unsaturated/α-hetero) is 2. The van der Waals surface area contributed by atoms with Crippen molar-refractivity contribution in [2.75, 3.05) is 27.7 Å². The summed E-state index contributed by atoms with van der Waals surface area (Å²) < 4.78 is 5.82. The molecule has 1 aromatic carbocycles. The number of amides is 1. The normalized spacial score (nSPS) is 30.8. The number of aliphatic hydroxyl groups excluding tert-OH is 2. The zero-order valence-corrected chi connectivity index (χ0v) is 23.2. The molecule has 11 nitrogen and oxygen atoms in total. The van der Waals surface area contributed by atoms with Gasteiger partial charge in [-0.1, -0.05) is 6.42 Å². The first kappa shape index (κ1) is 28.1. The molecule has 1 aromatic rings. The molecule has 5 rings (SSSR count). The largest absolute Gasteiger partial charge is 0.508 e. The summed E-state index contributed by atoms with van der Waals surface area (Å²) in [5.74, 6) is -6.20. The van der Waals surface area contributed by atoms with Gasteiger partial charge in [0.25, 0.3) is 5.91 Å². The van der Waals surface area contributed by atoms with Gasteiger partial charge in [0.1, 0.15) is 28.6 Å². The van der Waals surface area contributed by atoms with Crippen LogP contribution >= 0.6 is 0 Å². The fourth-order valence-corrected chi connectivity index (χ4v) is 7.34. The first-order valence-electron chi connectivity index (χ1n) is 13.6. The van der Waals surface area contributed by atoms with E-state index >= 15 is 0 Å². The molecule has 216 valence electrons. The lowest BCUT2D eigenvalue weighted by Gasteiger charge is -2.50. The monoisotopic (exact) mass is 555 g/mol. The lowest BCUT2D eigenvalue weighted by molar-refractivity contribution is -0.153. The van der Waals surface area contributed by atoms with Gasteiger partial charge in [-0.25, -0.2) is 0 Å². The van der Waals surface area contributed by atoms with Crippen LogP contribution in [0.5, 0.6) is 11.5 Å². The van der Waals surface area contributed by atoms with Crippen LogP contribution in [-0.2, 0) is 27.3 Å². The van der Waals surface area contributed by atoms with Gasteiger partial charge in [-0.15, -0.1) is 0 Å². The van der Waals surface area contributed by atoms with E-state index in [1.165, 1.54) is 18.1 Å². The molecule has 1 aliphatic heterocycles. The summed E-state index contributed by atoms with van der Waals surface area (Å²) in [4.78, 5) is 43.1. The molecule has 0 radical (unpaired) electrons. The number of hydrogen-bond acceptors (Lipinski definition) is 10. The molecule has 11 heteroatoms. The molecule has 0 spiro atoms. The van der Waals surface area contributed by atoms with E-state index in [2.05, 4.69) is 11.8 Å². The molecule has 5 atom stereocenters. The van der Waals surface area contributed by atoms with Crippen molar-refractivity contribution in [3.63, 3.8) is 0 Å². The van der Waals surface area contributed by atoms with Crippen molar-refractivity contribution in [1.29, 1.82) is 0 Å². The van der Waals surface area contributed by atoms with Crippen LogP contribution in [0.1, 0.15) is 49.3 Å². The highest BCUT2D eigenvalue weighted by molar-refractivity contribution is 6.24. The molecule has 6 N–H and O–H groups in total. The third-order valence-electron chi connectivity index (χ3n) is 9.27. The minimum absolute atomic E-state index is 0.0308. The molecule has 0 aromatic heterocycles. The van der Waals surface area contributed by atoms with Gasteiger partial charge in [-0.3, -0.25) is 24.2 Å². The first-order chi connectivity index (χ1) is 18.8. The molecule has 1 heterocycles. The molecule has 1 amide bonds. The molecule has 40 heavy (non-hydrogen) atoms. The Kier molecular flexibility index (Phi) is 6.96. The Morgan fingerprint density at radius 3 is 2.52 bits per heavy atom. The predicted octanol–water partition coefficient (Wildman–Crippen LogP) is 1.35. The lowest BCUT2D eigenvalue weighted by atomic mass is 9.57. The highest BCUT2D eigenvalue weighted by Crippen LogP contribution is 2.54. The topological polar surface area (TPSA) is 174 Å². The number of likely N-dealkylation sites (N-methyl/N-ethyl adjacent to an activating group) is 1. The summed E-state index contributed by atoms with van der Waals surface area (Å²) in [5, 5.41) is 45.2. The van der Waals surface area contributed by atoms with Crippen LogP contribution in [0.2, 0.25) is 0 Å². The third-order valence-corrected chi connectivity index (χ3v) is 9.27. The van der Waals surface area contributed by atoms with Crippen LogP contribution in [-0.4, -0.2) is 93.1 Å². The Morgan fingerprint density at radius 1 is 1.23 bits per heavy atom. The minimum Gasteiger partial charge on any atom is -0.508 e. The number of carbonyl (C=O) groups is 3. The van der Waals surface area contributed by atoms with Crippen LogP contribution in [0.15, 0.2) is 23.0 Å². The number of phenolic OH excluding ortho intramolecular Hbond substituents is 1. The first-order valence-corrected chi connectivity index (χ1v) is 13.6. The van der Waals surface area contributed by atoms with Gasteiger partial charge in [-0.2, -0.15) is 0 Å². The van der Waals surface area contributed by atoms with Crippen LogP contribution in [0.25, 0.3) is 5.76 Å². The van der Waals surface area contributed by atoms with Gasteiger partial charge >= 0.3 is 0 Å². The Morgan fingerprint density at radius 2 is 1.93 bits per heavy atom. The number of hydrogen-bond donors (Lipinski definition) is 5. The molecule has 1 saturated carbocycles. The fourth-order valence-electron chi connectivity index (χ4n) is 7.34. The predicted molar refractivity (Wildman–Crippen MR) is 145 cm³/mol. The van der Waals surface area contributed by atoms with Gasteiger partial charge < -0.3 is 30.9 Å². The van der Waals surface area contributed by atoms with Crippen molar-refractivity contribution < 1.29 is 39.5 Å². The number of ketones is 2. The second-order valence-corrected chi connectivity index (χ2v) is 11.7. The number of primary amides is 1. The number of aromatic hydroxyl groups is 1. The lowest BCUT2D eigenvalue weighted by Crippen LogP contribution is -2.65. The Labute approximate surface area is 232 Å². The number of phenols is 1. The maximum Gasteiger partial charge on any atom is 0.255 e. The van der Waals surface area contributed by atoms with E-state index in [-0.39, 0.29) is 29.7 Å². The van der Waals surface area contributed by atoms with Gasteiger partial charge in [0.05, 0.1) is 18.7 Å². The fraction of sp³-hybridized carbons (Fsp3) is 0.552. The summed E-state index contributed by atoms with van der Waals surface area (Å²) in [6.07, 6.45) is 3.54. The number of nitrogens with zero attached hydrogens (tertiary/aromatic N) is 2. The number of ether oxygens (including phenoxy) is 1. The summed E-state index contributed by atoms with van der Waals surface area (Å²) >= 11 is 0. The second-order valence-electron chi connectivity index (χ2n) is 11.7. The smallest absolute Gasteiger partial charge is 0.255 e. The number of aliphatic hydroxyl groups is 3. The number of piperidine rings is 1. The molecule has 0 bridgehead atoms. The summed E-state index contributed by atoms with van der Waals surface area (Å²) in [6.45, 7) is 3.62. The molecular weight excluding hydrogens is 518 g/mol. The number of fused-ring (bicyclic) bond motifs is 3. The highest BCUT2D eigenvalue weighted by atomic mass is 16.5. The number of rotatable bonds is 5. The standard InChI is InChI=1S/C29H37N3O8/c1-13-7-5-6-8-32(13)12-15-11-18(33)20-16(25(15)40-4)9-14-10-17-22(31(2)3)24(35)21(28(30)38)27(37)29(17,39)26(36)19(14)23(20)34/h11,13-14,17,22,33-34,37,39H,5-10,12H2,1-4H3,(H2,30,38)/t13-,14-,17-,22-,29-/m0/s1. The van der Waals surface area contributed by atoms with E-state index < -0.39 is 58.0 Å². The maximum absolute atomic E-state index is 14.0. The highest BCUT2D eigenvalue weighted by Gasteiger charge is 2.64. The molecular formula is C29H37N3O8. The number of benzene rings is 1. The quantitative estimate of drug-likeness (QED) is 0.334. The zero-order valence-electron chi connectivity index (χ0n) is 23.2. The molecule has 4 aliphatic rings. The Bertz CT molecular complexity index is 1370. The Hall–Kier alpha value is -3.41. The van der Waals surface area contributed by atoms with Crippen molar-refractivity contribution >= 4 is 23.2 Å². The van der Waals surface area contributed by atoms with Gasteiger partial charge in [0.15, 0.2) is 11.4 Å². The SMILES string of the molecule is COc1c(CN2CCCC[C@@H]2C)cc(O)c2c1C[C@H]1C[C@H]3[C@H](N(C)C)C(=O)C(C(N)=O)=C(O)[C@@]3(O)C(=O)C1=C2O. The van der Waals surface area contributed by atoms with E-state index in [4.69, 9.17) is 10.5 Å². The van der Waals surface area contributed by atoms with Gasteiger partial charge in [0.2, 0.25) is 5.78 Å². The van der Waals surface area contributed by atoms with E-state index in [0.29, 0.717) is 23.9 Å². The summed E-state index contributed by atoms with van der Waals surface area (Å²) in [5.41, 5.74) is 3.03. The van der Waals surface area contributed by atoms with Gasteiger partial charge in [0, 0.05) is 35.2 Å². The van der Waals surface area contributed by atoms with Crippen LogP contribution in [0.3, 0.4) is 0 Å². The summed E-state index contributed by atoms with van der Waals surface area (Å²) in [7, 11) is 4.66. The molecule has 3 aliphatic carbocycles. The van der Waals surface area contributed by atoms with Crippen molar-refractivity contribution in [1.82, 2.24) is 9.80 Å². The number of likely N-dealkylation sites (tertiary alicyclic amines) is 1. The van der Waals surface area contributed by atoms with E-state index in [0.717, 1.165) is 31.4 Å². The summed E-state index contributed by atoms with van der Waals surface area (Å²) in [6, 6.07) is 0.771. The molecule has 0 unspecified atom stereocenters. The second kappa shape index (κ2) is 9.90. The van der Waals surface area contributed by atoms with Crippen LogP contribution in [0.4, 0.5) is 0 Å². The third kappa shape index (κ3) is 3.93. The van der Waals surface area contributed by atoms with E-state index in [1.807, 2.05) is 0 Å². The van der Waals surface area contributed by atoms with E-state index in [9.17, 15) is 34.8 Å². The van der Waals surface area contributed by atoms with Crippen LogP contribution in [0, 0.1) is 11.8 Å². The van der Waals surface area contributed by atoms with E-state index in [1.54, 1.807) is 14.1 Å². The van der Waals surface area contributed by atoms with Crippen molar-refractivity contribution in [3.05, 3.63) is 39.7 Å². The van der Waals surface area contributed by atoms with Crippen molar-refractivity contribution in [2.45, 2.75) is 63.3 Å². The number of nitrogens with two attached hydrogens (primary N) is 1. The maximum atomic E-state index is 14.0. The Balaban J connectivity index is 1.65. The average Bonchev–Trinajstić information content (AvgIpc) is 2.87. The number of methoxy groups -OCH3 is 1. The average molecular weight is 556 g/mol. The van der Waals surface area contributed by atoms with Gasteiger partial charge in [-0.05, 0) is 65.2 Å². The number of carbonyl (C=O) groups excluding carboxylic acids is 3. The van der Waals surface area contributed by atoms with Crippen molar-refractivity contribution in [3.8, 4) is 11.5 Å². The minimum atomic E-state index is -2.66. The van der Waals surface area contributed by atoms with Crippen LogP contribution < -0.4 is 10.5 Å². The molecule has 1 saturated heterocycles. The zero-order chi connectivity index (χ0) is 29.3. The molecule has 2 fully saturated rings. The van der Waals surface area contributed by atoms with Crippen molar-refractivity contribution in [2.24, 2.45) is 17.6 Å².